The summed E-state index contributed by atoms with van der Waals surface area (Å²) >= 11 is 1.32. The molecule has 7 heteroatoms. The Kier molecular flexibility index (Phi) is 6.04. The van der Waals surface area contributed by atoms with Crippen molar-refractivity contribution >= 4 is 17.3 Å². The lowest BCUT2D eigenvalue weighted by Gasteiger charge is -2.42. The molecular weight excluding hydrogens is 368 g/mol. The zero-order chi connectivity index (χ0) is 18.6. The van der Waals surface area contributed by atoms with E-state index in [4.69, 9.17) is 18.9 Å². The van der Waals surface area contributed by atoms with Crippen molar-refractivity contribution < 1.29 is 28.8 Å². The van der Waals surface area contributed by atoms with Crippen molar-refractivity contribution in [3.8, 4) is 0 Å². The highest BCUT2D eigenvalue weighted by Gasteiger charge is 2.51. The van der Waals surface area contributed by atoms with Crippen LogP contribution in [-0.4, -0.2) is 61.4 Å². The van der Waals surface area contributed by atoms with E-state index in [-0.39, 0.29) is 24.7 Å². The molecule has 1 aliphatic carbocycles. The topological polar surface area (TPSA) is 74.2 Å². The molecule has 2 fully saturated rings. The highest BCUT2D eigenvalue weighted by Crippen LogP contribution is 2.34. The number of esters is 1. The van der Waals surface area contributed by atoms with Gasteiger partial charge in [-0.1, -0.05) is 30.4 Å². The van der Waals surface area contributed by atoms with Gasteiger partial charge in [0.1, 0.15) is 23.2 Å². The van der Waals surface area contributed by atoms with Crippen molar-refractivity contribution in [2.24, 2.45) is 5.92 Å². The van der Waals surface area contributed by atoms with Crippen LogP contribution in [-0.2, 0) is 18.9 Å². The van der Waals surface area contributed by atoms with Crippen molar-refractivity contribution in [2.45, 2.75) is 43.4 Å². The van der Waals surface area contributed by atoms with Crippen LogP contribution >= 0.6 is 11.3 Å². The van der Waals surface area contributed by atoms with Gasteiger partial charge in [-0.05, 0) is 24.3 Å². The van der Waals surface area contributed by atoms with E-state index >= 15 is 0 Å². The van der Waals surface area contributed by atoms with Crippen LogP contribution in [0.2, 0.25) is 0 Å². The molecule has 2 aliphatic heterocycles. The molecule has 0 saturated carbocycles. The molecule has 1 N–H and O–H groups in total. The van der Waals surface area contributed by atoms with Gasteiger partial charge < -0.3 is 24.1 Å². The predicted octanol–water partition coefficient (Wildman–Crippen LogP) is 2.34. The fraction of sp³-hybridized carbons (Fsp3) is 0.550. The van der Waals surface area contributed by atoms with Crippen LogP contribution in [0.5, 0.6) is 0 Å². The van der Waals surface area contributed by atoms with Crippen molar-refractivity contribution in [3.63, 3.8) is 0 Å². The first-order chi connectivity index (χ1) is 13.3. The van der Waals surface area contributed by atoms with Gasteiger partial charge in [-0.15, -0.1) is 11.3 Å². The number of aliphatic hydroxyl groups is 1. The highest BCUT2D eigenvalue weighted by molar-refractivity contribution is 7.11. The van der Waals surface area contributed by atoms with Gasteiger partial charge in [0.15, 0.2) is 6.10 Å². The van der Waals surface area contributed by atoms with Gasteiger partial charge >= 0.3 is 5.97 Å². The Hall–Kier alpha value is -1.51. The van der Waals surface area contributed by atoms with Crippen molar-refractivity contribution in [1.29, 1.82) is 0 Å². The Morgan fingerprint density at radius 1 is 1.33 bits per heavy atom. The van der Waals surface area contributed by atoms with Crippen LogP contribution in [0.25, 0.3) is 0 Å². The van der Waals surface area contributed by atoms with Crippen LogP contribution in [0.1, 0.15) is 22.5 Å². The number of ether oxygens (including phenoxy) is 4. The molecule has 0 bridgehead atoms. The van der Waals surface area contributed by atoms with E-state index in [2.05, 4.69) is 12.2 Å². The first-order valence-electron chi connectivity index (χ1n) is 9.33. The Balaban J connectivity index is 1.50. The molecule has 2 saturated heterocycles. The van der Waals surface area contributed by atoms with Crippen LogP contribution in [0.15, 0.2) is 41.8 Å². The molecule has 0 aromatic carbocycles. The third-order valence-corrected chi connectivity index (χ3v) is 6.01. The molecule has 6 atom stereocenters. The van der Waals surface area contributed by atoms with Crippen molar-refractivity contribution in [1.82, 2.24) is 0 Å². The molecule has 6 nitrogen and oxygen atoms in total. The van der Waals surface area contributed by atoms with Gasteiger partial charge in [-0.2, -0.15) is 0 Å². The number of aliphatic hydroxyl groups excluding tert-OH is 1. The third-order valence-electron chi connectivity index (χ3n) is 5.16. The summed E-state index contributed by atoms with van der Waals surface area (Å²) in [6, 6.07) is 3.52. The molecule has 146 valence electrons. The van der Waals surface area contributed by atoms with Gasteiger partial charge in [-0.25, -0.2) is 4.79 Å². The molecular formula is C20H24O6S. The lowest BCUT2D eigenvalue weighted by Crippen LogP contribution is -2.59. The Morgan fingerprint density at radius 3 is 3.00 bits per heavy atom. The smallest absolute Gasteiger partial charge is 0.348 e. The number of fused-ring (bicyclic) bond motifs is 1. The highest BCUT2D eigenvalue weighted by atomic mass is 32.1. The lowest BCUT2D eigenvalue weighted by atomic mass is 9.94. The molecule has 5 unspecified atom stereocenters. The summed E-state index contributed by atoms with van der Waals surface area (Å²) in [5.41, 5.74) is 0. The fourth-order valence-corrected chi connectivity index (χ4v) is 4.40. The molecule has 27 heavy (non-hydrogen) atoms. The number of rotatable bonds is 6. The zero-order valence-electron chi connectivity index (χ0n) is 14.9. The van der Waals surface area contributed by atoms with E-state index in [1.54, 1.807) is 12.1 Å². The molecule has 0 radical (unpaired) electrons. The van der Waals surface area contributed by atoms with E-state index in [9.17, 15) is 9.90 Å². The standard InChI is InChI=1S/C20H24O6S/c21-11-15-18(26-20(22)16-7-4-10-27-16)19(17-14(25-15)8-9-23-17)24-12-13-5-2-1-3-6-13/h1-5,7,10,13-15,17-19,21H,6,8-9,11-12H2/t13?,14?,15?,17?,18?,19-/m1/s1. The van der Waals surface area contributed by atoms with Gasteiger partial charge in [0.25, 0.3) is 0 Å². The monoisotopic (exact) mass is 392 g/mol. The van der Waals surface area contributed by atoms with Crippen molar-refractivity contribution in [3.05, 3.63) is 46.7 Å². The summed E-state index contributed by atoms with van der Waals surface area (Å²) in [6.45, 7) is 0.839. The number of allylic oxidation sites excluding steroid dienone is 3. The van der Waals surface area contributed by atoms with E-state index < -0.39 is 24.3 Å². The molecule has 3 heterocycles. The summed E-state index contributed by atoms with van der Waals surface area (Å²) in [5.74, 6) is -0.151. The minimum atomic E-state index is -0.716. The van der Waals surface area contributed by atoms with Crippen LogP contribution in [0.3, 0.4) is 0 Å². The molecule has 0 amide bonds. The Labute approximate surface area is 162 Å². The van der Waals surface area contributed by atoms with Gasteiger partial charge in [-0.3, -0.25) is 0 Å². The maximum Gasteiger partial charge on any atom is 0.348 e. The fourth-order valence-electron chi connectivity index (χ4n) is 3.79. The minimum absolute atomic E-state index is 0.148. The Bertz CT molecular complexity index is 685. The van der Waals surface area contributed by atoms with Gasteiger partial charge in [0, 0.05) is 12.5 Å². The second-order valence-electron chi connectivity index (χ2n) is 6.97. The number of carbonyl (C=O) groups excluding carboxylic acids is 1. The van der Waals surface area contributed by atoms with E-state index in [0.29, 0.717) is 18.1 Å². The van der Waals surface area contributed by atoms with Crippen LogP contribution in [0, 0.1) is 5.92 Å². The molecule has 1 aromatic heterocycles. The molecule has 3 aliphatic rings. The summed E-state index contributed by atoms with van der Waals surface area (Å²) in [4.78, 5) is 13.0. The quantitative estimate of drug-likeness (QED) is 0.749. The van der Waals surface area contributed by atoms with Gasteiger partial charge in [0.2, 0.25) is 0 Å². The van der Waals surface area contributed by atoms with Gasteiger partial charge in [0.05, 0.1) is 19.3 Å². The summed E-state index contributed by atoms with van der Waals surface area (Å²) in [6.07, 6.45) is 7.68. The number of carbonyl (C=O) groups is 1. The van der Waals surface area contributed by atoms with Crippen LogP contribution in [0.4, 0.5) is 0 Å². The first kappa shape index (κ1) is 18.8. The van der Waals surface area contributed by atoms with E-state index in [0.717, 1.165) is 12.8 Å². The minimum Gasteiger partial charge on any atom is -0.452 e. The molecule has 1 aromatic rings. The third kappa shape index (κ3) is 4.17. The first-order valence-corrected chi connectivity index (χ1v) is 10.2. The molecule has 0 spiro atoms. The maximum absolute atomic E-state index is 12.5. The molecule has 4 rings (SSSR count). The number of hydrogen-bond acceptors (Lipinski definition) is 7. The number of thiophene rings is 1. The maximum atomic E-state index is 12.5. The predicted molar refractivity (Wildman–Crippen MR) is 99.8 cm³/mol. The largest absolute Gasteiger partial charge is 0.452 e. The van der Waals surface area contributed by atoms with Crippen LogP contribution < -0.4 is 0 Å². The zero-order valence-corrected chi connectivity index (χ0v) is 15.8. The summed E-state index contributed by atoms with van der Waals surface area (Å²) in [7, 11) is 0. The van der Waals surface area contributed by atoms with E-state index in [1.807, 2.05) is 17.5 Å². The average molecular weight is 392 g/mol. The van der Waals surface area contributed by atoms with E-state index in [1.165, 1.54) is 11.3 Å². The SMILES string of the molecule is O=C(OC1C(CO)OC2CCOC2[C@H]1OCC1C=CC=CC1)c1cccs1. The second kappa shape index (κ2) is 8.67. The lowest BCUT2D eigenvalue weighted by molar-refractivity contribution is -0.230. The van der Waals surface area contributed by atoms with Crippen molar-refractivity contribution in [2.75, 3.05) is 19.8 Å². The Morgan fingerprint density at radius 2 is 2.26 bits per heavy atom. The summed E-state index contributed by atoms with van der Waals surface area (Å²) < 4.78 is 23.8. The normalized spacial score (nSPS) is 35.1. The summed E-state index contributed by atoms with van der Waals surface area (Å²) in [5, 5.41) is 11.7. The number of hydrogen-bond donors (Lipinski definition) is 1. The second-order valence-corrected chi connectivity index (χ2v) is 7.92. The average Bonchev–Trinajstić information content (AvgIpc) is 3.39.